The molecule has 74 valence electrons. The van der Waals surface area contributed by atoms with E-state index in [2.05, 4.69) is 36.3 Å². The summed E-state index contributed by atoms with van der Waals surface area (Å²) in [5, 5.41) is 3.44. The third-order valence-electron chi connectivity index (χ3n) is 2.75. The zero-order chi connectivity index (χ0) is 9.26. The highest BCUT2D eigenvalue weighted by atomic mass is 16.5. The van der Waals surface area contributed by atoms with Crippen molar-refractivity contribution >= 4 is 0 Å². The SMILES string of the molecule is CC(C)N1C=C[C@@H]2NCCO[C@@H]2C1. The molecular formula is C10H18N2O. The molecule has 2 atom stereocenters. The Bertz CT molecular complexity index is 203. The largest absolute Gasteiger partial charge is 0.373 e. The zero-order valence-electron chi connectivity index (χ0n) is 8.36. The Balaban J connectivity index is 2.02. The summed E-state index contributed by atoms with van der Waals surface area (Å²) in [7, 11) is 0. The molecule has 0 aromatic heterocycles. The lowest BCUT2D eigenvalue weighted by Gasteiger charge is -2.39. The molecule has 0 bridgehead atoms. The molecule has 0 aromatic rings. The fraction of sp³-hybridized carbons (Fsp3) is 0.800. The van der Waals surface area contributed by atoms with Crippen molar-refractivity contribution in [2.24, 2.45) is 0 Å². The minimum Gasteiger partial charge on any atom is -0.373 e. The molecule has 0 aromatic carbocycles. The van der Waals surface area contributed by atoms with Crippen LogP contribution in [0.25, 0.3) is 0 Å². The zero-order valence-corrected chi connectivity index (χ0v) is 8.36. The predicted molar refractivity (Wildman–Crippen MR) is 52.5 cm³/mol. The Morgan fingerprint density at radius 2 is 2.38 bits per heavy atom. The Morgan fingerprint density at radius 3 is 3.15 bits per heavy atom. The Labute approximate surface area is 79.7 Å². The summed E-state index contributed by atoms with van der Waals surface area (Å²) in [4.78, 5) is 2.33. The molecule has 2 aliphatic heterocycles. The topological polar surface area (TPSA) is 24.5 Å². The summed E-state index contributed by atoms with van der Waals surface area (Å²) in [5.74, 6) is 0. The van der Waals surface area contributed by atoms with Crippen molar-refractivity contribution in [1.82, 2.24) is 10.2 Å². The molecule has 3 heteroatoms. The quantitative estimate of drug-likeness (QED) is 0.642. The van der Waals surface area contributed by atoms with E-state index in [4.69, 9.17) is 4.74 Å². The van der Waals surface area contributed by atoms with E-state index in [1.54, 1.807) is 0 Å². The fourth-order valence-electron chi connectivity index (χ4n) is 1.88. The first-order valence-electron chi connectivity index (χ1n) is 5.06. The van der Waals surface area contributed by atoms with Crippen LogP contribution in [0.15, 0.2) is 12.3 Å². The number of nitrogens with zero attached hydrogens (tertiary/aromatic N) is 1. The number of nitrogens with one attached hydrogen (secondary N) is 1. The van der Waals surface area contributed by atoms with Crippen molar-refractivity contribution in [3.63, 3.8) is 0 Å². The normalized spacial score (nSPS) is 33.6. The number of morpholine rings is 1. The summed E-state index contributed by atoms with van der Waals surface area (Å²) >= 11 is 0. The Morgan fingerprint density at radius 1 is 1.54 bits per heavy atom. The van der Waals surface area contributed by atoms with Crippen LogP contribution in [0.1, 0.15) is 13.8 Å². The maximum atomic E-state index is 5.71. The monoisotopic (exact) mass is 182 g/mol. The predicted octanol–water partition coefficient (Wildman–Crippen LogP) is 0.581. The molecule has 2 rings (SSSR count). The van der Waals surface area contributed by atoms with Gasteiger partial charge >= 0.3 is 0 Å². The summed E-state index contributed by atoms with van der Waals surface area (Å²) in [5.41, 5.74) is 0. The van der Waals surface area contributed by atoms with Crippen molar-refractivity contribution in [2.45, 2.75) is 32.0 Å². The van der Waals surface area contributed by atoms with Crippen LogP contribution in [-0.2, 0) is 4.74 Å². The van der Waals surface area contributed by atoms with Gasteiger partial charge in [-0.15, -0.1) is 0 Å². The first kappa shape index (κ1) is 9.03. The van der Waals surface area contributed by atoms with Gasteiger partial charge in [0.2, 0.25) is 0 Å². The van der Waals surface area contributed by atoms with Gasteiger partial charge in [0.15, 0.2) is 0 Å². The molecule has 1 N–H and O–H groups in total. The van der Waals surface area contributed by atoms with Crippen molar-refractivity contribution < 1.29 is 4.74 Å². The van der Waals surface area contributed by atoms with Crippen LogP contribution in [0, 0.1) is 0 Å². The highest BCUT2D eigenvalue weighted by molar-refractivity contribution is 5.05. The lowest BCUT2D eigenvalue weighted by atomic mass is 10.0. The minimum atomic E-state index is 0.348. The van der Waals surface area contributed by atoms with Crippen LogP contribution in [0.5, 0.6) is 0 Å². The first-order chi connectivity index (χ1) is 6.27. The van der Waals surface area contributed by atoms with E-state index >= 15 is 0 Å². The van der Waals surface area contributed by atoms with Gasteiger partial charge in [0.25, 0.3) is 0 Å². The standard InChI is InChI=1S/C10H18N2O/c1-8(2)12-5-3-9-10(7-12)13-6-4-11-9/h3,5,8-11H,4,6-7H2,1-2H3/t9-,10+/m0/s1. The van der Waals surface area contributed by atoms with E-state index in [-0.39, 0.29) is 0 Å². The van der Waals surface area contributed by atoms with Crippen LogP contribution >= 0.6 is 0 Å². The molecule has 0 unspecified atom stereocenters. The van der Waals surface area contributed by atoms with E-state index in [0.29, 0.717) is 18.2 Å². The highest BCUT2D eigenvalue weighted by Crippen LogP contribution is 2.15. The van der Waals surface area contributed by atoms with Crippen LogP contribution in [-0.4, -0.2) is 42.8 Å². The van der Waals surface area contributed by atoms with Crippen LogP contribution in [0.4, 0.5) is 0 Å². The maximum absolute atomic E-state index is 5.71. The van der Waals surface area contributed by atoms with Crippen molar-refractivity contribution in [2.75, 3.05) is 19.7 Å². The number of hydrogen-bond donors (Lipinski definition) is 1. The highest BCUT2D eigenvalue weighted by Gasteiger charge is 2.28. The van der Waals surface area contributed by atoms with Gasteiger partial charge in [-0.25, -0.2) is 0 Å². The Hall–Kier alpha value is -0.540. The van der Waals surface area contributed by atoms with Crippen LogP contribution in [0.2, 0.25) is 0 Å². The van der Waals surface area contributed by atoms with E-state index in [1.807, 2.05) is 0 Å². The maximum Gasteiger partial charge on any atom is 0.0939 e. The lowest BCUT2D eigenvalue weighted by Crippen LogP contribution is -2.54. The molecule has 0 spiro atoms. The number of fused-ring (bicyclic) bond motifs is 1. The fourth-order valence-corrected chi connectivity index (χ4v) is 1.88. The smallest absolute Gasteiger partial charge is 0.0939 e. The van der Waals surface area contributed by atoms with E-state index in [0.717, 1.165) is 19.7 Å². The molecule has 2 aliphatic rings. The number of ether oxygens (including phenoxy) is 1. The molecule has 0 saturated carbocycles. The van der Waals surface area contributed by atoms with Crippen LogP contribution in [0.3, 0.4) is 0 Å². The molecule has 13 heavy (non-hydrogen) atoms. The summed E-state index contributed by atoms with van der Waals surface area (Å²) < 4.78 is 5.71. The molecule has 3 nitrogen and oxygen atoms in total. The second-order valence-corrected chi connectivity index (χ2v) is 4.02. The third-order valence-corrected chi connectivity index (χ3v) is 2.75. The molecule has 2 heterocycles. The van der Waals surface area contributed by atoms with E-state index in [1.165, 1.54) is 0 Å². The average Bonchev–Trinajstić information content (AvgIpc) is 2.17. The van der Waals surface area contributed by atoms with Crippen molar-refractivity contribution in [3.05, 3.63) is 12.3 Å². The molecule has 0 amide bonds. The van der Waals surface area contributed by atoms with Crippen molar-refractivity contribution in [1.29, 1.82) is 0 Å². The van der Waals surface area contributed by atoms with Gasteiger partial charge in [-0.05, 0) is 26.1 Å². The van der Waals surface area contributed by atoms with Gasteiger partial charge < -0.3 is 15.0 Å². The molecule has 0 aliphatic carbocycles. The summed E-state index contributed by atoms with van der Waals surface area (Å²) in [6.45, 7) is 7.27. The van der Waals surface area contributed by atoms with Crippen LogP contribution < -0.4 is 5.32 Å². The molecule has 1 saturated heterocycles. The molecule has 0 radical (unpaired) electrons. The second kappa shape index (κ2) is 3.68. The van der Waals surface area contributed by atoms with Gasteiger partial charge in [0, 0.05) is 19.1 Å². The van der Waals surface area contributed by atoms with Gasteiger partial charge in [-0.2, -0.15) is 0 Å². The van der Waals surface area contributed by atoms with Gasteiger partial charge in [0.05, 0.1) is 18.8 Å². The summed E-state index contributed by atoms with van der Waals surface area (Å²) in [6.07, 6.45) is 4.75. The lowest BCUT2D eigenvalue weighted by molar-refractivity contribution is -0.0158. The molecular weight excluding hydrogens is 164 g/mol. The van der Waals surface area contributed by atoms with Gasteiger partial charge in [0.1, 0.15) is 0 Å². The van der Waals surface area contributed by atoms with E-state index < -0.39 is 0 Å². The van der Waals surface area contributed by atoms with Crippen molar-refractivity contribution in [3.8, 4) is 0 Å². The second-order valence-electron chi connectivity index (χ2n) is 4.02. The van der Waals surface area contributed by atoms with Gasteiger partial charge in [-0.3, -0.25) is 0 Å². The minimum absolute atomic E-state index is 0.348. The molecule has 1 fully saturated rings. The number of rotatable bonds is 1. The number of hydrogen-bond acceptors (Lipinski definition) is 3. The van der Waals surface area contributed by atoms with E-state index in [9.17, 15) is 0 Å². The average molecular weight is 182 g/mol. The first-order valence-corrected chi connectivity index (χ1v) is 5.06. The van der Waals surface area contributed by atoms with Gasteiger partial charge in [-0.1, -0.05) is 0 Å². The summed E-state index contributed by atoms with van der Waals surface area (Å²) in [6, 6.07) is 1.01. The third kappa shape index (κ3) is 1.86. The Kier molecular flexibility index (Phi) is 2.56.